The van der Waals surface area contributed by atoms with Crippen molar-refractivity contribution >= 4 is 10.0 Å². The Hall–Kier alpha value is -0.810. The van der Waals surface area contributed by atoms with E-state index in [1.54, 1.807) is 6.20 Å². The summed E-state index contributed by atoms with van der Waals surface area (Å²) in [7, 11) is -3.10. The minimum Gasteiger partial charge on any atom is -0.364 e. The number of hydrogen-bond donors (Lipinski definition) is 2. The highest BCUT2D eigenvalue weighted by Crippen LogP contribution is 2.29. The molecular formula is C11H18N2O2S. The molecule has 0 atom stereocenters. The van der Waals surface area contributed by atoms with E-state index in [1.165, 1.54) is 19.3 Å². The first-order chi connectivity index (χ1) is 7.66. The fraction of sp³-hybridized carbons (Fsp3) is 0.636. The van der Waals surface area contributed by atoms with Crippen molar-refractivity contribution in [2.75, 3.05) is 5.75 Å². The van der Waals surface area contributed by atoms with E-state index in [0.717, 1.165) is 12.1 Å². The van der Waals surface area contributed by atoms with Crippen molar-refractivity contribution in [3.8, 4) is 0 Å². The van der Waals surface area contributed by atoms with E-state index in [0.29, 0.717) is 12.5 Å². The zero-order chi connectivity index (χ0) is 11.4. The van der Waals surface area contributed by atoms with Crippen molar-refractivity contribution in [3.05, 3.63) is 24.0 Å². The van der Waals surface area contributed by atoms with Crippen LogP contribution in [0.4, 0.5) is 0 Å². The predicted octanol–water partition coefficient (Wildman–Crippen LogP) is 1.62. The summed E-state index contributed by atoms with van der Waals surface area (Å²) in [5, 5.41) is 0. The summed E-state index contributed by atoms with van der Waals surface area (Å²) in [4.78, 5) is 2.97. The van der Waals surface area contributed by atoms with Crippen LogP contribution in [0, 0.1) is 5.92 Å². The fourth-order valence-corrected chi connectivity index (χ4v) is 3.00. The van der Waals surface area contributed by atoms with Crippen molar-refractivity contribution in [2.24, 2.45) is 5.92 Å². The number of sulfonamides is 1. The topological polar surface area (TPSA) is 62.0 Å². The van der Waals surface area contributed by atoms with Gasteiger partial charge < -0.3 is 4.98 Å². The minimum absolute atomic E-state index is 0.262. The molecule has 0 amide bonds. The molecule has 1 aromatic rings. The third-order valence-electron chi connectivity index (χ3n) is 3.16. The van der Waals surface area contributed by atoms with Crippen LogP contribution in [0.3, 0.4) is 0 Å². The van der Waals surface area contributed by atoms with Crippen molar-refractivity contribution in [1.82, 2.24) is 9.71 Å². The molecule has 1 aliphatic carbocycles. The van der Waals surface area contributed by atoms with Crippen LogP contribution in [0.1, 0.15) is 31.4 Å². The molecule has 0 aromatic carbocycles. The Kier molecular flexibility index (Phi) is 3.66. The van der Waals surface area contributed by atoms with E-state index < -0.39 is 10.0 Å². The van der Waals surface area contributed by atoms with Crippen LogP contribution in [0.5, 0.6) is 0 Å². The maximum atomic E-state index is 11.6. The molecule has 1 aromatic heterocycles. The molecule has 2 rings (SSSR count). The Labute approximate surface area is 96.5 Å². The predicted molar refractivity (Wildman–Crippen MR) is 63.4 cm³/mol. The van der Waals surface area contributed by atoms with Crippen LogP contribution in [0.2, 0.25) is 0 Å². The highest BCUT2D eigenvalue weighted by molar-refractivity contribution is 7.89. The number of aromatic nitrogens is 1. The molecule has 1 fully saturated rings. The van der Waals surface area contributed by atoms with Gasteiger partial charge in [-0.25, -0.2) is 13.1 Å². The second-order valence-corrected chi connectivity index (χ2v) is 6.35. The van der Waals surface area contributed by atoms with Crippen molar-refractivity contribution in [2.45, 2.75) is 32.2 Å². The molecule has 0 saturated heterocycles. The average Bonchev–Trinajstić information content (AvgIpc) is 2.64. The highest BCUT2D eigenvalue weighted by Gasteiger charge is 2.20. The van der Waals surface area contributed by atoms with Gasteiger partial charge in [-0.3, -0.25) is 0 Å². The normalized spacial score (nSPS) is 17.2. The Balaban J connectivity index is 1.73. The lowest BCUT2D eigenvalue weighted by Crippen LogP contribution is -2.28. The Morgan fingerprint density at radius 2 is 2.25 bits per heavy atom. The van der Waals surface area contributed by atoms with Gasteiger partial charge in [0.05, 0.1) is 12.3 Å². The number of H-pyrrole nitrogens is 1. The Bertz CT molecular complexity index is 407. The van der Waals surface area contributed by atoms with Gasteiger partial charge in [0.2, 0.25) is 10.0 Å². The SMILES string of the molecule is O=S(=O)(CCC1CCC1)NCc1ccc[nH]1. The third kappa shape index (κ3) is 3.35. The minimum atomic E-state index is -3.10. The smallest absolute Gasteiger partial charge is 0.211 e. The molecule has 0 spiro atoms. The maximum Gasteiger partial charge on any atom is 0.211 e. The summed E-state index contributed by atoms with van der Waals surface area (Å²) in [6, 6.07) is 3.73. The molecule has 0 radical (unpaired) electrons. The largest absolute Gasteiger partial charge is 0.364 e. The average molecular weight is 242 g/mol. The van der Waals surface area contributed by atoms with Gasteiger partial charge in [0.25, 0.3) is 0 Å². The molecule has 90 valence electrons. The van der Waals surface area contributed by atoms with Gasteiger partial charge >= 0.3 is 0 Å². The lowest BCUT2D eigenvalue weighted by Gasteiger charge is -2.24. The summed E-state index contributed by atoms with van der Waals surface area (Å²) >= 11 is 0. The standard InChI is InChI=1S/C11H18N2O2S/c14-16(15,8-6-10-3-1-4-10)13-9-11-5-2-7-12-11/h2,5,7,10,12-13H,1,3-4,6,8-9H2. The first-order valence-electron chi connectivity index (χ1n) is 5.75. The second kappa shape index (κ2) is 5.01. The number of hydrogen-bond acceptors (Lipinski definition) is 2. The molecular weight excluding hydrogens is 224 g/mol. The van der Waals surface area contributed by atoms with Gasteiger partial charge in [-0.05, 0) is 24.5 Å². The van der Waals surface area contributed by atoms with Crippen LogP contribution in [-0.4, -0.2) is 19.2 Å². The van der Waals surface area contributed by atoms with E-state index in [4.69, 9.17) is 0 Å². The molecule has 1 saturated carbocycles. The van der Waals surface area contributed by atoms with E-state index in [1.807, 2.05) is 12.1 Å². The van der Waals surface area contributed by atoms with Gasteiger partial charge in [0.1, 0.15) is 0 Å². The van der Waals surface area contributed by atoms with Crippen LogP contribution < -0.4 is 4.72 Å². The lowest BCUT2D eigenvalue weighted by atomic mass is 9.84. The molecule has 16 heavy (non-hydrogen) atoms. The number of nitrogens with one attached hydrogen (secondary N) is 2. The zero-order valence-electron chi connectivity index (χ0n) is 9.28. The highest BCUT2D eigenvalue weighted by atomic mass is 32.2. The van der Waals surface area contributed by atoms with E-state index in [-0.39, 0.29) is 5.75 Å². The van der Waals surface area contributed by atoms with Crippen LogP contribution in [0.25, 0.3) is 0 Å². The van der Waals surface area contributed by atoms with Crippen LogP contribution >= 0.6 is 0 Å². The van der Waals surface area contributed by atoms with E-state index in [9.17, 15) is 8.42 Å². The van der Waals surface area contributed by atoms with E-state index in [2.05, 4.69) is 9.71 Å². The van der Waals surface area contributed by atoms with Gasteiger partial charge in [-0.15, -0.1) is 0 Å². The first-order valence-corrected chi connectivity index (χ1v) is 7.40. The summed E-state index contributed by atoms with van der Waals surface area (Å²) < 4.78 is 25.9. The van der Waals surface area contributed by atoms with E-state index >= 15 is 0 Å². The zero-order valence-corrected chi connectivity index (χ0v) is 10.1. The molecule has 1 heterocycles. The van der Waals surface area contributed by atoms with Crippen molar-refractivity contribution < 1.29 is 8.42 Å². The Morgan fingerprint density at radius 3 is 2.81 bits per heavy atom. The van der Waals surface area contributed by atoms with Crippen molar-refractivity contribution in [1.29, 1.82) is 0 Å². The molecule has 4 nitrogen and oxygen atoms in total. The second-order valence-electron chi connectivity index (χ2n) is 4.42. The Morgan fingerprint density at radius 1 is 1.44 bits per heavy atom. The van der Waals surface area contributed by atoms with Crippen LogP contribution in [-0.2, 0) is 16.6 Å². The van der Waals surface area contributed by atoms with Gasteiger partial charge in [0.15, 0.2) is 0 Å². The summed E-state index contributed by atoms with van der Waals surface area (Å²) in [5.74, 6) is 0.903. The van der Waals surface area contributed by atoms with Gasteiger partial charge in [0, 0.05) is 11.9 Å². The summed E-state index contributed by atoms with van der Waals surface area (Å²) in [5.41, 5.74) is 0.896. The summed E-state index contributed by atoms with van der Waals surface area (Å²) in [6.45, 7) is 0.361. The molecule has 0 aliphatic heterocycles. The number of rotatable bonds is 6. The molecule has 0 unspecified atom stereocenters. The maximum absolute atomic E-state index is 11.6. The number of aromatic amines is 1. The molecule has 0 bridgehead atoms. The lowest BCUT2D eigenvalue weighted by molar-refractivity contribution is 0.307. The summed E-state index contributed by atoms with van der Waals surface area (Å²) in [6.07, 6.45) is 6.26. The quantitative estimate of drug-likeness (QED) is 0.796. The fourth-order valence-electron chi connectivity index (χ4n) is 1.84. The van der Waals surface area contributed by atoms with Crippen molar-refractivity contribution in [3.63, 3.8) is 0 Å². The molecule has 1 aliphatic rings. The third-order valence-corrected chi connectivity index (χ3v) is 4.52. The monoisotopic (exact) mass is 242 g/mol. The molecule has 5 heteroatoms. The molecule has 2 N–H and O–H groups in total. The van der Waals surface area contributed by atoms with Gasteiger partial charge in [-0.1, -0.05) is 19.3 Å². The van der Waals surface area contributed by atoms with Crippen LogP contribution in [0.15, 0.2) is 18.3 Å². The van der Waals surface area contributed by atoms with Gasteiger partial charge in [-0.2, -0.15) is 0 Å². The first kappa shape index (κ1) is 11.7.